The molecule has 1 saturated carbocycles. The summed E-state index contributed by atoms with van der Waals surface area (Å²) in [6.45, 7) is 3.27. The van der Waals surface area contributed by atoms with Crippen LogP contribution in [0.2, 0.25) is 0 Å². The number of fused-ring (bicyclic) bond motifs is 1. The lowest BCUT2D eigenvalue weighted by Crippen LogP contribution is -2.32. The van der Waals surface area contributed by atoms with Crippen LogP contribution in [0.3, 0.4) is 0 Å². The van der Waals surface area contributed by atoms with Crippen molar-refractivity contribution in [1.82, 2.24) is 19.7 Å². The van der Waals surface area contributed by atoms with E-state index in [4.69, 9.17) is 4.74 Å². The maximum Gasteiger partial charge on any atom is 0.273 e. The molecule has 2 aromatic heterocycles. The molecule has 1 aliphatic rings. The van der Waals surface area contributed by atoms with Crippen molar-refractivity contribution in [2.45, 2.75) is 38.7 Å². The van der Waals surface area contributed by atoms with E-state index in [0.29, 0.717) is 36.5 Å². The zero-order valence-electron chi connectivity index (χ0n) is 12.9. The van der Waals surface area contributed by atoms with Crippen molar-refractivity contribution < 1.29 is 9.53 Å². The number of nitrogens with zero attached hydrogens (tertiary/aromatic N) is 3. The fourth-order valence-corrected chi connectivity index (χ4v) is 3.00. The number of imidazole rings is 1. The predicted molar refractivity (Wildman–Crippen MR) is 82.7 cm³/mol. The quantitative estimate of drug-likeness (QED) is 0.858. The average molecular weight is 302 g/mol. The Morgan fingerprint density at radius 1 is 1.32 bits per heavy atom. The van der Waals surface area contributed by atoms with E-state index >= 15 is 0 Å². The van der Waals surface area contributed by atoms with Gasteiger partial charge in [-0.1, -0.05) is 19.8 Å². The normalized spacial score (nSPS) is 21.9. The van der Waals surface area contributed by atoms with Crippen molar-refractivity contribution in [3.63, 3.8) is 0 Å². The minimum absolute atomic E-state index is 0.211. The molecule has 2 heterocycles. The van der Waals surface area contributed by atoms with Gasteiger partial charge in [0.25, 0.3) is 5.91 Å². The highest BCUT2D eigenvalue weighted by Crippen LogP contribution is 2.25. The molecular weight excluding hydrogens is 280 g/mol. The first kappa shape index (κ1) is 15.0. The summed E-state index contributed by atoms with van der Waals surface area (Å²) in [5, 5.41) is 2.86. The van der Waals surface area contributed by atoms with E-state index in [1.165, 1.54) is 19.3 Å². The number of hydrogen-bond acceptors (Lipinski definition) is 4. The summed E-state index contributed by atoms with van der Waals surface area (Å²) in [5.74, 6) is 0.405. The number of carbonyl (C=O) groups is 1. The van der Waals surface area contributed by atoms with Crippen LogP contribution in [0.25, 0.3) is 5.65 Å². The molecule has 118 valence electrons. The summed E-state index contributed by atoms with van der Waals surface area (Å²) < 4.78 is 7.68. The zero-order chi connectivity index (χ0) is 15.4. The molecule has 22 heavy (non-hydrogen) atoms. The van der Waals surface area contributed by atoms with Crippen LogP contribution in [0, 0.1) is 5.92 Å². The minimum Gasteiger partial charge on any atom is -0.376 e. The third-order valence-corrected chi connectivity index (χ3v) is 4.28. The maximum absolute atomic E-state index is 12.2. The van der Waals surface area contributed by atoms with Gasteiger partial charge in [0.1, 0.15) is 0 Å². The van der Waals surface area contributed by atoms with Crippen LogP contribution in [0.4, 0.5) is 0 Å². The fourth-order valence-electron chi connectivity index (χ4n) is 3.00. The number of carbonyl (C=O) groups excluding carboxylic acids is 1. The summed E-state index contributed by atoms with van der Waals surface area (Å²) >= 11 is 0. The molecule has 3 rings (SSSR count). The van der Waals surface area contributed by atoms with Gasteiger partial charge in [0.05, 0.1) is 12.7 Å². The first-order valence-corrected chi connectivity index (χ1v) is 7.93. The Bertz CT molecular complexity index is 640. The van der Waals surface area contributed by atoms with Gasteiger partial charge in [-0.25, -0.2) is 9.97 Å². The van der Waals surface area contributed by atoms with E-state index in [1.54, 1.807) is 29.2 Å². The molecule has 1 fully saturated rings. The zero-order valence-corrected chi connectivity index (χ0v) is 12.9. The van der Waals surface area contributed by atoms with Crippen LogP contribution in [0.15, 0.2) is 24.8 Å². The third kappa shape index (κ3) is 3.27. The molecule has 2 aromatic rings. The second-order valence-electron chi connectivity index (χ2n) is 5.86. The van der Waals surface area contributed by atoms with Crippen molar-refractivity contribution in [3.8, 4) is 0 Å². The van der Waals surface area contributed by atoms with Crippen LogP contribution in [-0.2, 0) is 4.74 Å². The van der Waals surface area contributed by atoms with Crippen molar-refractivity contribution in [2.24, 2.45) is 5.92 Å². The Hall–Kier alpha value is -1.95. The number of rotatable bonds is 5. The summed E-state index contributed by atoms with van der Waals surface area (Å²) in [7, 11) is 0. The predicted octanol–water partition coefficient (Wildman–Crippen LogP) is 2.05. The second-order valence-corrected chi connectivity index (χ2v) is 5.86. The highest BCUT2D eigenvalue weighted by atomic mass is 16.5. The SMILES string of the molecule is C[C@H]1CCCC[C@@H]1OCCNC(=O)c1nccn2ccnc12. The topological polar surface area (TPSA) is 68.5 Å². The first-order valence-electron chi connectivity index (χ1n) is 7.93. The van der Waals surface area contributed by atoms with Gasteiger partial charge >= 0.3 is 0 Å². The smallest absolute Gasteiger partial charge is 0.273 e. The van der Waals surface area contributed by atoms with E-state index in [2.05, 4.69) is 22.2 Å². The minimum atomic E-state index is -0.211. The van der Waals surface area contributed by atoms with Crippen LogP contribution in [0.1, 0.15) is 43.1 Å². The molecule has 0 spiro atoms. The first-order chi connectivity index (χ1) is 10.8. The van der Waals surface area contributed by atoms with E-state index < -0.39 is 0 Å². The maximum atomic E-state index is 12.2. The van der Waals surface area contributed by atoms with Crippen LogP contribution < -0.4 is 5.32 Å². The molecule has 1 amide bonds. The highest BCUT2D eigenvalue weighted by molar-refractivity contribution is 5.97. The Kier molecular flexibility index (Phi) is 4.68. The molecule has 0 unspecified atom stereocenters. The Morgan fingerprint density at radius 2 is 2.09 bits per heavy atom. The number of amides is 1. The summed E-state index contributed by atoms with van der Waals surface area (Å²) in [4.78, 5) is 20.5. The highest BCUT2D eigenvalue weighted by Gasteiger charge is 2.21. The standard InChI is InChI=1S/C16H22N4O2/c1-12-4-2-3-5-13(12)22-11-8-19-16(21)14-15-18-7-10-20(15)9-6-17-14/h6-7,9-10,12-13H,2-5,8,11H2,1H3,(H,19,21)/t12-,13-/m0/s1. The van der Waals surface area contributed by atoms with Crippen LogP contribution in [0.5, 0.6) is 0 Å². The summed E-state index contributed by atoms with van der Waals surface area (Å²) in [6, 6.07) is 0. The largest absolute Gasteiger partial charge is 0.376 e. The lowest BCUT2D eigenvalue weighted by molar-refractivity contribution is -0.00294. The Balaban J connectivity index is 1.49. The molecule has 0 aliphatic heterocycles. The van der Waals surface area contributed by atoms with E-state index in [0.717, 1.165) is 6.42 Å². The number of aromatic nitrogens is 3. The molecule has 2 atom stereocenters. The van der Waals surface area contributed by atoms with Gasteiger partial charge in [-0.05, 0) is 18.8 Å². The van der Waals surface area contributed by atoms with Crippen LogP contribution in [-0.4, -0.2) is 39.5 Å². The van der Waals surface area contributed by atoms with Crippen molar-refractivity contribution in [2.75, 3.05) is 13.2 Å². The van der Waals surface area contributed by atoms with E-state index in [9.17, 15) is 4.79 Å². The average Bonchev–Trinajstić information content (AvgIpc) is 3.01. The number of nitrogens with one attached hydrogen (secondary N) is 1. The second kappa shape index (κ2) is 6.87. The molecule has 0 aromatic carbocycles. The van der Waals surface area contributed by atoms with Gasteiger partial charge in [-0.3, -0.25) is 4.79 Å². The molecule has 0 bridgehead atoms. The molecular formula is C16H22N4O2. The molecule has 6 heteroatoms. The number of ether oxygens (including phenoxy) is 1. The molecule has 0 saturated heterocycles. The van der Waals surface area contributed by atoms with E-state index in [1.807, 2.05) is 0 Å². The van der Waals surface area contributed by atoms with Gasteiger partial charge in [0, 0.05) is 31.3 Å². The Labute approximate surface area is 129 Å². The van der Waals surface area contributed by atoms with Gasteiger partial charge in [-0.2, -0.15) is 0 Å². The van der Waals surface area contributed by atoms with Gasteiger partial charge in [0.2, 0.25) is 0 Å². The number of hydrogen-bond donors (Lipinski definition) is 1. The molecule has 6 nitrogen and oxygen atoms in total. The Morgan fingerprint density at radius 3 is 2.91 bits per heavy atom. The van der Waals surface area contributed by atoms with Gasteiger partial charge < -0.3 is 14.5 Å². The lowest BCUT2D eigenvalue weighted by Gasteiger charge is -2.28. The summed E-state index contributed by atoms with van der Waals surface area (Å²) in [6.07, 6.45) is 12.1. The molecule has 1 aliphatic carbocycles. The molecule has 1 N–H and O–H groups in total. The summed E-state index contributed by atoms with van der Waals surface area (Å²) in [5.41, 5.74) is 0.917. The van der Waals surface area contributed by atoms with Crippen molar-refractivity contribution in [3.05, 3.63) is 30.5 Å². The van der Waals surface area contributed by atoms with Crippen LogP contribution >= 0.6 is 0 Å². The lowest BCUT2D eigenvalue weighted by atomic mass is 9.88. The van der Waals surface area contributed by atoms with Gasteiger partial charge in [-0.15, -0.1) is 0 Å². The van der Waals surface area contributed by atoms with Crippen molar-refractivity contribution in [1.29, 1.82) is 0 Å². The molecule has 0 radical (unpaired) electrons. The van der Waals surface area contributed by atoms with Crippen molar-refractivity contribution >= 4 is 11.6 Å². The van der Waals surface area contributed by atoms with Gasteiger partial charge in [0.15, 0.2) is 11.3 Å². The fraction of sp³-hybridized carbons (Fsp3) is 0.562. The third-order valence-electron chi connectivity index (χ3n) is 4.28. The van der Waals surface area contributed by atoms with E-state index in [-0.39, 0.29) is 5.91 Å². The monoisotopic (exact) mass is 302 g/mol.